The highest BCUT2D eigenvalue weighted by molar-refractivity contribution is 7.12. The van der Waals surface area contributed by atoms with Crippen LogP contribution >= 0.6 is 11.3 Å². The van der Waals surface area contributed by atoms with Gasteiger partial charge in [-0.1, -0.05) is 0 Å². The molecule has 0 bridgehead atoms. The number of thiophene rings is 1. The van der Waals surface area contributed by atoms with E-state index in [1.165, 1.54) is 4.88 Å². The number of nitrogens with one attached hydrogen (secondary N) is 1. The van der Waals surface area contributed by atoms with E-state index in [0.717, 1.165) is 50.2 Å². The summed E-state index contributed by atoms with van der Waals surface area (Å²) in [6.45, 7) is 7.43. The lowest BCUT2D eigenvalue weighted by molar-refractivity contribution is -0.130. The van der Waals surface area contributed by atoms with E-state index in [2.05, 4.69) is 23.2 Å². The van der Waals surface area contributed by atoms with Crippen molar-refractivity contribution in [2.75, 3.05) is 32.7 Å². The largest absolute Gasteiger partial charge is 0.388 e. The zero-order chi connectivity index (χ0) is 20.1. The molecule has 0 unspecified atom stereocenters. The van der Waals surface area contributed by atoms with E-state index in [1.54, 1.807) is 18.3 Å². The van der Waals surface area contributed by atoms with Gasteiger partial charge in [0.15, 0.2) is 0 Å². The second kappa shape index (κ2) is 9.37. The van der Waals surface area contributed by atoms with E-state index in [0.29, 0.717) is 25.9 Å². The number of carbonyl (C=O) groups is 2. The van der Waals surface area contributed by atoms with Crippen LogP contribution in [0.3, 0.4) is 0 Å². The molecule has 0 aromatic carbocycles. The number of likely N-dealkylation sites (tertiary alicyclic amines) is 2. The maximum absolute atomic E-state index is 12.7. The fourth-order valence-corrected chi connectivity index (χ4v) is 5.25. The van der Waals surface area contributed by atoms with Crippen LogP contribution in [-0.2, 0) is 16.0 Å². The molecule has 0 spiro atoms. The zero-order valence-corrected chi connectivity index (χ0v) is 17.9. The highest BCUT2D eigenvalue weighted by Crippen LogP contribution is 2.26. The van der Waals surface area contributed by atoms with Gasteiger partial charge in [-0.15, -0.1) is 11.3 Å². The zero-order valence-electron chi connectivity index (χ0n) is 17.1. The van der Waals surface area contributed by atoms with Crippen LogP contribution in [0.15, 0.2) is 12.1 Å². The summed E-state index contributed by atoms with van der Waals surface area (Å²) in [6.07, 6.45) is 4.54. The predicted molar refractivity (Wildman–Crippen MR) is 111 cm³/mol. The van der Waals surface area contributed by atoms with Crippen LogP contribution < -0.4 is 5.32 Å². The quantitative estimate of drug-likeness (QED) is 0.782. The van der Waals surface area contributed by atoms with Crippen LogP contribution in [0.5, 0.6) is 0 Å². The second-order valence-electron chi connectivity index (χ2n) is 8.40. The van der Waals surface area contributed by atoms with Gasteiger partial charge in [-0.2, -0.15) is 0 Å². The Labute approximate surface area is 171 Å². The monoisotopic (exact) mass is 407 g/mol. The van der Waals surface area contributed by atoms with E-state index >= 15 is 0 Å². The van der Waals surface area contributed by atoms with Crippen molar-refractivity contribution in [1.82, 2.24) is 15.1 Å². The van der Waals surface area contributed by atoms with Gasteiger partial charge in [0, 0.05) is 55.4 Å². The Kier molecular flexibility index (Phi) is 7.12. The molecule has 6 nitrogen and oxygen atoms in total. The molecule has 3 heterocycles. The number of β-amino-alcohol motifs (C(OH)–C–C–N with tert-alkyl or cyclic N) is 1. The molecule has 2 fully saturated rings. The summed E-state index contributed by atoms with van der Waals surface area (Å²) in [5.41, 5.74) is -0.727. The van der Waals surface area contributed by atoms with Gasteiger partial charge in [-0.05, 0) is 51.2 Å². The number of piperidine rings is 1. The molecule has 0 saturated carbocycles. The normalized spacial score (nSPS) is 24.8. The Hall–Kier alpha value is -1.44. The highest BCUT2D eigenvalue weighted by atomic mass is 32.1. The van der Waals surface area contributed by atoms with Gasteiger partial charge in [0.05, 0.1) is 12.0 Å². The lowest BCUT2D eigenvalue weighted by Gasteiger charge is -2.38. The van der Waals surface area contributed by atoms with Crippen molar-refractivity contribution in [3.05, 3.63) is 21.9 Å². The molecule has 1 atom stereocenters. The van der Waals surface area contributed by atoms with Gasteiger partial charge in [-0.3, -0.25) is 9.59 Å². The summed E-state index contributed by atoms with van der Waals surface area (Å²) in [4.78, 5) is 30.4. The number of aryl methyl sites for hydroxylation is 1. The third-order valence-corrected chi connectivity index (χ3v) is 6.90. The first-order chi connectivity index (χ1) is 13.3. The number of amides is 2. The lowest BCUT2D eigenvalue weighted by Crippen LogP contribution is -2.50. The molecule has 1 aromatic rings. The molecule has 2 aliphatic heterocycles. The number of aliphatic hydroxyl groups is 1. The average molecular weight is 408 g/mol. The standard InChI is InChI=1S/C21H33N3O3S/c1-16-4-5-19(28-16)14-20(26)24-10-3-8-21(27,9-13-24)15-23-11-6-18(7-12-23)22-17(2)25/h4-5,18,27H,3,6-15H2,1-2H3,(H,22,25)/t21-/m1/s1. The Balaban J connectivity index is 1.47. The van der Waals surface area contributed by atoms with Crippen LogP contribution in [0.25, 0.3) is 0 Å². The number of rotatable bonds is 5. The van der Waals surface area contributed by atoms with Gasteiger partial charge < -0.3 is 20.2 Å². The van der Waals surface area contributed by atoms with Crippen LogP contribution in [0.4, 0.5) is 0 Å². The molecular formula is C21H33N3O3S. The van der Waals surface area contributed by atoms with E-state index in [4.69, 9.17) is 0 Å². The second-order valence-corrected chi connectivity index (χ2v) is 9.77. The molecule has 2 saturated heterocycles. The molecule has 3 rings (SSSR count). The molecule has 2 amide bonds. The summed E-state index contributed by atoms with van der Waals surface area (Å²) in [5.74, 6) is 0.200. The van der Waals surface area contributed by atoms with Crippen LogP contribution in [0, 0.1) is 6.92 Å². The first-order valence-corrected chi connectivity index (χ1v) is 11.2. The fraction of sp³-hybridized carbons (Fsp3) is 0.714. The van der Waals surface area contributed by atoms with Crippen LogP contribution in [0.2, 0.25) is 0 Å². The number of hydrogen-bond donors (Lipinski definition) is 2. The van der Waals surface area contributed by atoms with Gasteiger partial charge in [0.1, 0.15) is 0 Å². The third kappa shape index (κ3) is 6.03. The minimum atomic E-state index is -0.727. The lowest BCUT2D eigenvalue weighted by atomic mass is 9.93. The van der Waals surface area contributed by atoms with Crippen molar-refractivity contribution in [2.45, 2.75) is 64.0 Å². The first kappa shape index (κ1) is 21.3. The van der Waals surface area contributed by atoms with Gasteiger partial charge in [-0.25, -0.2) is 0 Å². The Morgan fingerprint density at radius 3 is 2.61 bits per heavy atom. The summed E-state index contributed by atoms with van der Waals surface area (Å²) in [7, 11) is 0. The minimum absolute atomic E-state index is 0.0308. The molecule has 28 heavy (non-hydrogen) atoms. The van der Waals surface area contributed by atoms with Crippen LogP contribution in [0.1, 0.15) is 48.8 Å². The third-order valence-electron chi connectivity index (χ3n) is 5.90. The van der Waals surface area contributed by atoms with Crippen molar-refractivity contribution in [2.24, 2.45) is 0 Å². The summed E-state index contributed by atoms with van der Waals surface area (Å²) >= 11 is 1.68. The van der Waals surface area contributed by atoms with Gasteiger partial charge in [0.25, 0.3) is 0 Å². The molecular weight excluding hydrogens is 374 g/mol. The fourth-order valence-electron chi connectivity index (χ4n) is 4.37. The summed E-state index contributed by atoms with van der Waals surface area (Å²) < 4.78 is 0. The maximum atomic E-state index is 12.7. The SMILES string of the molecule is CC(=O)NC1CCN(C[C@@]2(O)CCCN(C(=O)Cc3ccc(C)s3)CC2)CC1. The molecule has 7 heteroatoms. The van der Waals surface area contributed by atoms with E-state index in [-0.39, 0.29) is 17.9 Å². The van der Waals surface area contributed by atoms with Crippen molar-refractivity contribution in [3.8, 4) is 0 Å². The van der Waals surface area contributed by atoms with Crippen LogP contribution in [-0.4, -0.2) is 71.1 Å². The molecule has 1 aromatic heterocycles. The van der Waals surface area contributed by atoms with Crippen molar-refractivity contribution in [3.63, 3.8) is 0 Å². The number of nitrogens with zero attached hydrogens (tertiary/aromatic N) is 2. The molecule has 156 valence electrons. The first-order valence-electron chi connectivity index (χ1n) is 10.4. The van der Waals surface area contributed by atoms with Crippen molar-refractivity contribution >= 4 is 23.2 Å². The molecule has 0 radical (unpaired) electrons. The van der Waals surface area contributed by atoms with Crippen molar-refractivity contribution in [1.29, 1.82) is 0 Å². The van der Waals surface area contributed by atoms with E-state index < -0.39 is 5.60 Å². The summed E-state index contributed by atoms with van der Waals surface area (Å²) in [5, 5.41) is 14.2. The average Bonchev–Trinajstić information content (AvgIpc) is 2.93. The molecule has 2 N–H and O–H groups in total. The van der Waals surface area contributed by atoms with Gasteiger partial charge >= 0.3 is 0 Å². The topological polar surface area (TPSA) is 72.9 Å². The number of carbonyl (C=O) groups excluding carboxylic acids is 2. The Bertz CT molecular complexity index is 684. The van der Waals surface area contributed by atoms with Gasteiger partial charge in [0.2, 0.25) is 11.8 Å². The van der Waals surface area contributed by atoms with E-state index in [1.807, 2.05) is 11.0 Å². The Morgan fingerprint density at radius 2 is 1.96 bits per heavy atom. The molecule has 0 aliphatic carbocycles. The smallest absolute Gasteiger partial charge is 0.227 e. The van der Waals surface area contributed by atoms with Crippen molar-refractivity contribution < 1.29 is 14.7 Å². The maximum Gasteiger partial charge on any atom is 0.227 e. The number of hydrogen-bond acceptors (Lipinski definition) is 5. The van der Waals surface area contributed by atoms with E-state index in [9.17, 15) is 14.7 Å². The Morgan fingerprint density at radius 1 is 1.21 bits per heavy atom. The highest BCUT2D eigenvalue weighted by Gasteiger charge is 2.34. The minimum Gasteiger partial charge on any atom is -0.388 e. The molecule has 2 aliphatic rings. The predicted octanol–water partition coefficient (Wildman–Crippen LogP) is 1.94. The summed E-state index contributed by atoms with van der Waals surface area (Å²) in [6, 6.07) is 4.35.